The van der Waals surface area contributed by atoms with Crippen molar-refractivity contribution in [3.05, 3.63) is 18.7 Å². The summed E-state index contributed by atoms with van der Waals surface area (Å²) < 4.78 is 2.17. The number of aromatic nitrogens is 2. The van der Waals surface area contributed by atoms with Crippen LogP contribution >= 0.6 is 0 Å². The fourth-order valence-electron chi connectivity index (χ4n) is 3.21. The first-order valence-electron chi connectivity index (χ1n) is 6.25. The number of fused-ring (bicyclic) bond motifs is 1. The summed E-state index contributed by atoms with van der Waals surface area (Å²) >= 11 is 0. The van der Waals surface area contributed by atoms with Crippen molar-refractivity contribution >= 4 is 0 Å². The predicted octanol–water partition coefficient (Wildman–Crippen LogP) is 0.423. The minimum Gasteiger partial charge on any atom is -0.336 e. The van der Waals surface area contributed by atoms with Crippen LogP contribution in [0.25, 0.3) is 0 Å². The van der Waals surface area contributed by atoms with Gasteiger partial charge in [-0.1, -0.05) is 0 Å². The first kappa shape index (κ1) is 10.3. The molecule has 3 unspecified atom stereocenters. The Bertz CT molecular complexity index is 335. The summed E-state index contributed by atoms with van der Waals surface area (Å²) in [5, 5.41) is 3.50. The maximum Gasteiger partial charge on any atom is 0.0946 e. The molecule has 3 atom stereocenters. The van der Waals surface area contributed by atoms with Crippen LogP contribution in [0.15, 0.2) is 18.7 Å². The third kappa shape index (κ3) is 1.76. The number of imidazole rings is 1. The second kappa shape index (κ2) is 4.18. The van der Waals surface area contributed by atoms with Crippen molar-refractivity contribution in [1.82, 2.24) is 19.8 Å². The summed E-state index contributed by atoms with van der Waals surface area (Å²) in [5.41, 5.74) is 0. The molecule has 0 spiro atoms. The van der Waals surface area contributed by atoms with E-state index in [0.29, 0.717) is 0 Å². The van der Waals surface area contributed by atoms with Gasteiger partial charge in [0.25, 0.3) is 0 Å². The highest BCUT2D eigenvalue weighted by Gasteiger charge is 2.41. The normalized spacial score (nSPS) is 34.4. The Kier molecular flexibility index (Phi) is 2.69. The fraction of sp³-hybridized carbons (Fsp3) is 0.750. The minimum atomic E-state index is 0.739. The molecule has 0 bridgehead atoms. The molecule has 1 N–H and O–H groups in total. The summed E-state index contributed by atoms with van der Waals surface area (Å²) in [6, 6.07) is 0.739. The maximum atomic E-state index is 4.08. The Balaban J connectivity index is 1.56. The summed E-state index contributed by atoms with van der Waals surface area (Å²) in [7, 11) is 0. The molecule has 1 aromatic rings. The zero-order valence-corrected chi connectivity index (χ0v) is 9.84. The van der Waals surface area contributed by atoms with Crippen LogP contribution in [0, 0.1) is 11.8 Å². The standard InChI is InChI=1S/C12H20N4/c1-10-12-7-14-6-11(12)8-16(10)5-4-15-3-2-13-9-15/h2-3,9-12,14H,4-8H2,1H3. The van der Waals surface area contributed by atoms with Gasteiger partial charge < -0.3 is 9.88 Å². The lowest BCUT2D eigenvalue weighted by Crippen LogP contribution is -2.35. The van der Waals surface area contributed by atoms with E-state index in [1.54, 1.807) is 0 Å². The van der Waals surface area contributed by atoms with Gasteiger partial charge in [0.05, 0.1) is 6.33 Å². The Labute approximate surface area is 96.7 Å². The van der Waals surface area contributed by atoms with Crippen LogP contribution in [-0.2, 0) is 6.54 Å². The number of nitrogens with one attached hydrogen (secondary N) is 1. The first-order valence-corrected chi connectivity index (χ1v) is 6.25. The van der Waals surface area contributed by atoms with Gasteiger partial charge in [0.1, 0.15) is 0 Å². The van der Waals surface area contributed by atoms with Crippen LogP contribution in [-0.4, -0.2) is 46.7 Å². The Hall–Kier alpha value is -0.870. The van der Waals surface area contributed by atoms with E-state index < -0.39 is 0 Å². The number of nitrogens with zero attached hydrogens (tertiary/aromatic N) is 3. The Morgan fingerprint density at radius 2 is 2.31 bits per heavy atom. The van der Waals surface area contributed by atoms with E-state index in [4.69, 9.17) is 0 Å². The molecule has 88 valence electrons. The van der Waals surface area contributed by atoms with Crippen LogP contribution < -0.4 is 5.32 Å². The van der Waals surface area contributed by atoms with Crippen LogP contribution in [0.2, 0.25) is 0 Å². The van der Waals surface area contributed by atoms with Gasteiger partial charge in [0, 0.05) is 38.1 Å². The summed E-state index contributed by atoms with van der Waals surface area (Å²) in [5.74, 6) is 1.76. The quantitative estimate of drug-likeness (QED) is 0.801. The molecular weight excluding hydrogens is 200 g/mol. The highest BCUT2D eigenvalue weighted by Crippen LogP contribution is 2.31. The molecule has 1 aromatic heterocycles. The van der Waals surface area contributed by atoms with Gasteiger partial charge in [-0.2, -0.15) is 0 Å². The van der Waals surface area contributed by atoms with Gasteiger partial charge in [0.15, 0.2) is 0 Å². The second-order valence-electron chi connectivity index (χ2n) is 5.12. The first-order chi connectivity index (χ1) is 7.84. The molecule has 2 saturated heterocycles. The second-order valence-corrected chi connectivity index (χ2v) is 5.12. The zero-order valence-electron chi connectivity index (χ0n) is 9.84. The maximum absolute atomic E-state index is 4.08. The molecule has 2 aliphatic heterocycles. The third-order valence-electron chi connectivity index (χ3n) is 4.26. The molecule has 4 nitrogen and oxygen atoms in total. The summed E-state index contributed by atoms with van der Waals surface area (Å²) in [4.78, 5) is 6.71. The number of rotatable bonds is 3. The van der Waals surface area contributed by atoms with Crippen LogP contribution in [0.3, 0.4) is 0 Å². The molecule has 0 radical (unpaired) electrons. The highest BCUT2D eigenvalue weighted by molar-refractivity contribution is 4.96. The number of hydrogen-bond donors (Lipinski definition) is 1. The van der Waals surface area contributed by atoms with Gasteiger partial charge in [-0.15, -0.1) is 0 Å². The van der Waals surface area contributed by atoms with E-state index in [9.17, 15) is 0 Å². The van der Waals surface area contributed by atoms with Gasteiger partial charge >= 0.3 is 0 Å². The van der Waals surface area contributed by atoms with Crippen molar-refractivity contribution in [2.24, 2.45) is 11.8 Å². The molecule has 0 aromatic carbocycles. The number of hydrogen-bond acceptors (Lipinski definition) is 3. The topological polar surface area (TPSA) is 33.1 Å². The van der Waals surface area contributed by atoms with Crippen molar-refractivity contribution in [3.8, 4) is 0 Å². The summed E-state index contributed by atoms with van der Waals surface area (Å²) in [6.45, 7) is 8.31. The lowest BCUT2D eigenvalue weighted by molar-refractivity contribution is 0.231. The van der Waals surface area contributed by atoms with Gasteiger partial charge in [-0.25, -0.2) is 4.98 Å². The molecule has 16 heavy (non-hydrogen) atoms. The number of likely N-dealkylation sites (tertiary alicyclic amines) is 1. The molecule has 2 fully saturated rings. The molecular formula is C12H20N4. The Morgan fingerprint density at radius 1 is 1.38 bits per heavy atom. The third-order valence-corrected chi connectivity index (χ3v) is 4.26. The summed E-state index contributed by atoms with van der Waals surface area (Å²) in [6.07, 6.45) is 5.80. The van der Waals surface area contributed by atoms with Crippen molar-refractivity contribution in [2.75, 3.05) is 26.2 Å². The van der Waals surface area contributed by atoms with Crippen molar-refractivity contribution in [1.29, 1.82) is 0 Å². The molecule has 3 heterocycles. The average Bonchev–Trinajstić information content (AvgIpc) is 2.96. The van der Waals surface area contributed by atoms with E-state index in [1.807, 2.05) is 18.7 Å². The lowest BCUT2D eigenvalue weighted by Gasteiger charge is -2.24. The lowest BCUT2D eigenvalue weighted by atomic mass is 9.95. The Morgan fingerprint density at radius 3 is 3.06 bits per heavy atom. The van der Waals surface area contributed by atoms with Crippen LogP contribution in [0.4, 0.5) is 0 Å². The van der Waals surface area contributed by atoms with Crippen molar-refractivity contribution < 1.29 is 0 Å². The molecule has 0 amide bonds. The SMILES string of the molecule is CC1C2CNCC2CN1CCn1ccnc1. The minimum absolute atomic E-state index is 0.739. The highest BCUT2D eigenvalue weighted by atomic mass is 15.2. The molecule has 2 aliphatic rings. The van der Waals surface area contributed by atoms with E-state index in [1.165, 1.54) is 19.6 Å². The predicted molar refractivity (Wildman–Crippen MR) is 63.1 cm³/mol. The fourth-order valence-corrected chi connectivity index (χ4v) is 3.21. The zero-order chi connectivity index (χ0) is 11.0. The van der Waals surface area contributed by atoms with Gasteiger partial charge in [-0.05, 0) is 31.8 Å². The average molecular weight is 220 g/mol. The van der Waals surface area contributed by atoms with Gasteiger partial charge in [-0.3, -0.25) is 4.90 Å². The molecule has 0 saturated carbocycles. The largest absolute Gasteiger partial charge is 0.336 e. The van der Waals surface area contributed by atoms with E-state index >= 15 is 0 Å². The van der Waals surface area contributed by atoms with Crippen LogP contribution in [0.1, 0.15) is 6.92 Å². The van der Waals surface area contributed by atoms with Crippen molar-refractivity contribution in [2.45, 2.75) is 19.5 Å². The molecule has 3 rings (SSSR count). The smallest absolute Gasteiger partial charge is 0.0946 e. The monoisotopic (exact) mass is 220 g/mol. The van der Waals surface area contributed by atoms with Crippen LogP contribution in [0.5, 0.6) is 0 Å². The van der Waals surface area contributed by atoms with Crippen molar-refractivity contribution in [3.63, 3.8) is 0 Å². The van der Waals surface area contributed by atoms with E-state index in [0.717, 1.165) is 31.0 Å². The van der Waals surface area contributed by atoms with E-state index in [-0.39, 0.29) is 0 Å². The van der Waals surface area contributed by atoms with E-state index in [2.05, 4.69) is 26.7 Å². The molecule has 4 heteroatoms. The molecule has 0 aliphatic carbocycles. The van der Waals surface area contributed by atoms with Gasteiger partial charge in [0.2, 0.25) is 0 Å².